The number of hydrogen-bond donors (Lipinski definition) is 0. The van der Waals surface area contributed by atoms with Crippen molar-refractivity contribution in [3.05, 3.63) is 89.2 Å². The second-order valence-corrected chi connectivity index (χ2v) is 7.03. The summed E-state index contributed by atoms with van der Waals surface area (Å²) < 4.78 is 40.7. The lowest BCUT2D eigenvalue weighted by atomic mass is 10.0. The Labute approximate surface area is 175 Å². The average molecular weight is 423 g/mol. The number of nitrogens with zero attached hydrogens (tertiary/aromatic N) is 3. The van der Waals surface area contributed by atoms with E-state index < -0.39 is 11.9 Å². The van der Waals surface area contributed by atoms with Gasteiger partial charge in [0.25, 0.3) is 0 Å². The van der Waals surface area contributed by atoms with Gasteiger partial charge in [-0.15, -0.1) is 0 Å². The third kappa shape index (κ3) is 4.23. The van der Waals surface area contributed by atoms with Gasteiger partial charge in [0, 0.05) is 22.8 Å². The second-order valence-electron chi connectivity index (χ2n) is 7.03. The highest BCUT2D eigenvalue weighted by molar-refractivity contribution is 5.99. The number of rotatable bonds is 5. The SMILES string of the molecule is CC(=O)c1ccc(C(=O)Cc2cc(-c3ccccc3)n3nc(C(F)(F)F)cc3n2)cc1. The molecule has 2 heterocycles. The molecule has 4 rings (SSSR count). The van der Waals surface area contributed by atoms with E-state index in [0.29, 0.717) is 28.1 Å². The third-order valence-electron chi connectivity index (χ3n) is 4.80. The number of carbonyl (C=O) groups excluding carboxylic acids is 2. The summed E-state index contributed by atoms with van der Waals surface area (Å²) in [7, 11) is 0. The summed E-state index contributed by atoms with van der Waals surface area (Å²) in [5, 5.41) is 3.68. The van der Waals surface area contributed by atoms with Crippen LogP contribution in [0.3, 0.4) is 0 Å². The molecule has 2 aromatic carbocycles. The van der Waals surface area contributed by atoms with E-state index in [1.807, 2.05) is 0 Å². The van der Waals surface area contributed by atoms with Crippen molar-refractivity contribution in [2.45, 2.75) is 19.5 Å². The smallest absolute Gasteiger partial charge is 0.295 e. The van der Waals surface area contributed by atoms with Crippen LogP contribution >= 0.6 is 0 Å². The van der Waals surface area contributed by atoms with E-state index in [0.717, 1.165) is 10.6 Å². The highest BCUT2D eigenvalue weighted by Crippen LogP contribution is 2.30. The topological polar surface area (TPSA) is 64.3 Å². The molecule has 0 atom stereocenters. The highest BCUT2D eigenvalue weighted by Gasteiger charge is 2.34. The number of alkyl halides is 3. The summed E-state index contributed by atoms with van der Waals surface area (Å²) in [6.07, 6.45) is -4.72. The van der Waals surface area contributed by atoms with Gasteiger partial charge in [-0.25, -0.2) is 9.50 Å². The maximum atomic E-state index is 13.2. The number of benzene rings is 2. The van der Waals surface area contributed by atoms with Gasteiger partial charge >= 0.3 is 6.18 Å². The number of hydrogen-bond acceptors (Lipinski definition) is 4. The van der Waals surface area contributed by atoms with E-state index in [9.17, 15) is 22.8 Å². The number of aromatic nitrogens is 3. The van der Waals surface area contributed by atoms with Crippen LogP contribution < -0.4 is 0 Å². The molecule has 0 aliphatic heterocycles. The Morgan fingerprint density at radius 1 is 0.935 bits per heavy atom. The molecule has 0 unspecified atom stereocenters. The summed E-state index contributed by atoms with van der Waals surface area (Å²) in [5.41, 5.74) is 1.19. The molecule has 31 heavy (non-hydrogen) atoms. The molecule has 0 N–H and O–H groups in total. The van der Waals surface area contributed by atoms with Crippen molar-refractivity contribution >= 4 is 17.2 Å². The largest absolute Gasteiger partial charge is 0.435 e. The molecule has 8 heteroatoms. The Morgan fingerprint density at radius 3 is 2.19 bits per heavy atom. The molecule has 0 spiro atoms. The third-order valence-corrected chi connectivity index (χ3v) is 4.80. The van der Waals surface area contributed by atoms with E-state index in [1.165, 1.54) is 6.92 Å². The summed E-state index contributed by atoms with van der Waals surface area (Å²) in [5.74, 6) is -0.374. The van der Waals surface area contributed by atoms with Crippen LogP contribution in [0.2, 0.25) is 0 Å². The lowest BCUT2D eigenvalue weighted by Gasteiger charge is -2.08. The molecule has 0 aliphatic rings. The number of halogens is 3. The maximum absolute atomic E-state index is 13.2. The van der Waals surface area contributed by atoms with E-state index in [1.54, 1.807) is 60.7 Å². The van der Waals surface area contributed by atoms with Crippen LogP contribution in [-0.2, 0) is 12.6 Å². The molecule has 5 nitrogen and oxygen atoms in total. The van der Waals surface area contributed by atoms with E-state index >= 15 is 0 Å². The Kier molecular flexibility index (Phi) is 5.14. The Morgan fingerprint density at radius 2 is 1.58 bits per heavy atom. The molecule has 2 aromatic heterocycles. The van der Waals surface area contributed by atoms with E-state index in [-0.39, 0.29) is 23.6 Å². The van der Waals surface area contributed by atoms with Crippen molar-refractivity contribution in [2.24, 2.45) is 0 Å². The van der Waals surface area contributed by atoms with Crippen molar-refractivity contribution < 1.29 is 22.8 Å². The number of carbonyl (C=O) groups is 2. The molecule has 0 aliphatic carbocycles. The van der Waals surface area contributed by atoms with Crippen LogP contribution in [0, 0.1) is 0 Å². The van der Waals surface area contributed by atoms with Gasteiger partial charge in [-0.1, -0.05) is 54.6 Å². The van der Waals surface area contributed by atoms with Crippen LogP contribution in [-0.4, -0.2) is 26.2 Å². The van der Waals surface area contributed by atoms with Gasteiger partial charge in [0.15, 0.2) is 22.9 Å². The molecule has 156 valence electrons. The lowest BCUT2D eigenvalue weighted by Crippen LogP contribution is -2.08. The van der Waals surface area contributed by atoms with Crippen molar-refractivity contribution in [1.29, 1.82) is 0 Å². The number of fused-ring (bicyclic) bond motifs is 1. The highest BCUT2D eigenvalue weighted by atomic mass is 19.4. The summed E-state index contributed by atoms with van der Waals surface area (Å²) in [6.45, 7) is 1.43. The van der Waals surface area contributed by atoms with Crippen molar-refractivity contribution in [3.8, 4) is 11.3 Å². The van der Waals surface area contributed by atoms with Gasteiger partial charge in [-0.3, -0.25) is 9.59 Å². The van der Waals surface area contributed by atoms with Gasteiger partial charge in [0.05, 0.1) is 17.8 Å². The molecule has 4 aromatic rings. The number of ketones is 2. The van der Waals surface area contributed by atoms with E-state index in [4.69, 9.17) is 0 Å². The first-order chi connectivity index (χ1) is 14.7. The van der Waals surface area contributed by atoms with Crippen molar-refractivity contribution in [1.82, 2.24) is 14.6 Å². The normalized spacial score (nSPS) is 11.6. The molecule has 0 amide bonds. The molecule has 0 saturated heterocycles. The minimum atomic E-state index is -4.61. The first-order valence-corrected chi connectivity index (χ1v) is 9.39. The lowest BCUT2D eigenvalue weighted by molar-refractivity contribution is -0.141. The molecule has 0 radical (unpaired) electrons. The van der Waals surface area contributed by atoms with Crippen LogP contribution in [0.15, 0.2) is 66.7 Å². The van der Waals surface area contributed by atoms with Crippen LogP contribution in [0.1, 0.15) is 39.0 Å². The van der Waals surface area contributed by atoms with Gasteiger partial charge in [0.2, 0.25) is 0 Å². The average Bonchev–Trinajstić information content (AvgIpc) is 3.18. The quantitative estimate of drug-likeness (QED) is 0.422. The van der Waals surface area contributed by atoms with Crippen LogP contribution in [0.25, 0.3) is 16.9 Å². The van der Waals surface area contributed by atoms with Crippen LogP contribution in [0.4, 0.5) is 13.2 Å². The van der Waals surface area contributed by atoms with Crippen molar-refractivity contribution in [2.75, 3.05) is 0 Å². The van der Waals surface area contributed by atoms with Gasteiger partial charge in [-0.2, -0.15) is 18.3 Å². The second kappa shape index (κ2) is 7.79. The standard InChI is InChI=1S/C23H16F3N3O2/c1-14(30)15-7-9-17(10-8-15)20(31)12-18-11-19(16-5-3-2-4-6-16)29-22(27-18)13-21(28-29)23(24,25)26/h2-11,13H,12H2,1H3. The Balaban J connectivity index is 1.75. The zero-order valence-corrected chi connectivity index (χ0v) is 16.3. The summed E-state index contributed by atoms with van der Waals surface area (Å²) in [6, 6.07) is 17.5. The molecular formula is C23H16F3N3O2. The first kappa shape index (κ1) is 20.5. The minimum absolute atomic E-state index is 0.00315. The fraction of sp³-hybridized carbons (Fsp3) is 0.130. The van der Waals surface area contributed by atoms with Gasteiger partial charge in [0.1, 0.15) is 0 Å². The number of Topliss-reactive ketones (excluding diaryl/α,β-unsaturated/α-hetero) is 2. The monoisotopic (exact) mass is 423 g/mol. The van der Waals surface area contributed by atoms with Crippen LogP contribution in [0.5, 0.6) is 0 Å². The fourth-order valence-corrected chi connectivity index (χ4v) is 3.23. The van der Waals surface area contributed by atoms with Gasteiger partial charge < -0.3 is 0 Å². The Hall–Kier alpha value is -3.81. The zero-order valence-electron chi connectivity index (χ0n) is 16.3. The molecule has 0 fully saturated rings. The first-order valence-electron chi connectivity index (χ1n) is 9.39. The molecule has 0 bridgehead atoms. The minimum Gasteiger partial charge on any atom is -0.295 e. The molecular weight excluding hydrogens is 407 g/mol. The van der Waals surface area contributed by atoms with E-state index in [2.05, 4.69) is 10.1 Å². The zero-order chi connectivity index (χ0) is 22.2. The van der Waals surface area contributed by atoms with Crippen molar-refractivity contribution in [3.63, 3.8) is 0 Å². The summed E-state index contributed by atoms with van der Waals surface area (Å²) >= 11 is 0. The fourth-order valence-electron chi connectivity index (χ4n) is 3.23. The predicted molar refractivity (Wildman–Crippen MR) is 108 cm³/mol. The summed E-state index contributed by atoms with van der Waals surface area (Å²) in [4.78, 5) is 28.4. The molecule has 0 saturated carbocycles. The maximum Gasteiger partial charge on any atom is 0.435 e. The Bertz CT molecular complexity index is 1280. The predicted octanol–water partition coefficient (Wildman–Crippen LogP) is 5.04. The van der Waals surface area contributed by atoms with Gasteiger partial charge in [-0.05, 0) is 13.0 Å².